The molecule has 0 nitrogen and oxygen atoms in total. The second kappa shape index (κ2) is 3.91. The number of halogens is 2. The van der Waals surface area contributed by atoms with Gasteiger partial charge >= 0.3 is 0 Å². The van der Waals surface area contributed by atoms with Gasteiger partial charge in [0.2, 0.25) is 0 Å². The van der Waals surface area contributed by atoms with Gasteiger partial charge in [0.25, 0.3) is 0 Å². The zero-order chi connectivity index (χ0) is 4.99. The summed E-state index contributed by atoms with van der Waals surface area (Å²) in [5.74, 6) is -0.993. The Bertz CT molecular complexity index is 50.8. The first kappa shape index (κ1) is 6.74. The van der Waals surface area contributed by atoms with Gasteiger partial charge < -0.3 is 0 Å². The zero-order valence-electron chi connectivity index (χ0n) is 2.90. The molecule has 0 aromatic carbocycles. The van der Waals surface area contributed by atoms with E-state index >= 15 is 0 Å². The molecule has 0 fully saturated rings. The molecule has 0 spiro atoms. The Hall–Kier alpha value is 0.740. The lowest BCUT2D eigenvalue weighted by Crippen LogP contribution is -1.85. The van der Waals surface area contributed by atoms with E-state index in [9.17, 15) is 4.39 Å². The predicted octanol–water partition coefficient (Wildman–Crippen LogP) is 1.93. The molecular formula is C2H3ClFPS. The lowest BCUT2D eigenvalue weighted by Gasteiger charge is -1.84. The van der Waals surface area contributed by atoms with Crippen LogP contribution in [0, 0.1) is 0 Å². The van der Waals surface area contributed by atoms with Crippen molar-refractivity contribution < 1.29 is 4.39 Å². The average Bonchev–Trinajstić information content (AvgIpc) is 1.65. The second-order valence-corrected chi connectivity index (χ2v) is 2.41. The molecule has 0 aliphatic rings. The molecule has 1 atom stereocenters. The topological polar surface area (TPSA) is 0 Å². The molecule has 1 unspecified atom stereocenters. The summed E-state index contributed by atoms with van der Waals surface area (Å²) in [7, 11) is 0.313. The number of hydrogen-bond donors (Lipinski definition) is 0. The third-order valence-corrected chi connectivity index (χ3v) is 1.83. The van der Waals surface area contributed by atoms with Crippen LogP contribution in [0.1, 0.15) is 0 Å². The maximum absolute atomic E-state index is 11.6. The van der Waals surface area contributed by atoms with Crippen molar-refractivity contribution in [3.63, 3.8) is 0 Å². The van der Waals surface area contributed by atoms with Crippen LogP contribution in [0.15, 0.2) is 0 Å². The lowest BCUT2D eigenvalue weighted by atomic mass is 10.9. The molecule has 36 valence electrons. The molecule has 0 heterocycles. The Morgan fingerprint density at radius 3 is 2.50 bits per heavy atom. The van der Waals surface area contributed by atoms with E-state index in [0.717, 1.165) is 0 Å². The maximum Gasteiger partial charge on any atom is 0.165 e. The number of rotatable bonds is 2. The summed E-state index contributed by atoms with van der Waals surface area (Å²) < 4.78 is 11.6. The number of alkyl halides is 2. The average molecular weight is 145 g/mol. The molecule has 0 aliphatic heterocycles. The van der Waals surface area contributed by atoms with Crippen molar-refractivity contribution in [1.82, 2.24) is 0 Å². The van der Waals surface area contributed by atoms with Crippen LogP contribution in [0.3, 0.4) is 0 Å². The minimum absolute atomic E-state index is 0.0189. The van der Waals surface area contributed by atoms with Crippen LogP contribution in [0.4, 0.5) is 4.39 Å². The van der Waals surface area contributed by atoms with E-state index in [4.69, 9.17) is 11.6 Å². The molecule has 6 heavy (non-hydrogen) atoms. The lowest BCUT2D eigenvalue weighted by molar-refractivity contribution is 0.486. The minimum atomic E-state index is -1.01. The van der Waals surface area contributed by atoms with E-state index in [-0.39, 0.29) is 5.88 Å². The molecular weight excluding hydrogens is 142 g/mol. The Balaban J connectivity index is 2.96. The second-order valence-electron chi connectivity index (χ2n) is 0.694. The monoisotopic (exact) mass is 144 g/mol. The maximum atomic E-state index is 11.6. The summed E-state index contributed by atoms with van der Waals surface area (Å²) in [6, 6.07) is 0. The van der Waals surface area contributed by atoms with Gasteiger partial charge in [-0.15, -0.1) is 11.6 Å². The summed E-state index contributed by atoms with van der Waals surface area (Å²) in [4.78, 5) is 0. The van der Waals surface area contributed by atoms with Gasteiger partial charge in [-0.25, -0.2) is 4.39 Å². The third kappa shape index (κ3) is 2.95. The van der Waals surface area contributed by atoms with Gasteiger partial charge in [-0.3, -0.25) is 0 Å². The molecule has 0 radical (unpaired) electrons. The van der Waals surface area contributed by atoms with Gasteiger partial charge in [0.15, 0.2) is 5.91 Å². The van der Waals surface area contributed by atoms with E-state index in [1.54, 1.807) is 0 Å². The van der Waals surface area contributed by atoms with Crippen molar-refractivity contribution in [3.8, 4) is 0 Å². The molecule has 4 heteroatoms. The van der Waals surface area contributed by atoms with Crippen LogP contribution < -0.4 is 0 Å². The van der Waals surface area contributed by atoms with Gasteiger partial charge in [-0.2, -0.15) is 0 Å². The Labute approximate surface area is 47.5 Å². The van der Waals surface area contributed by atoms with Gasteiger partial charge in [0, 0.05) is 7.36 Å². The fraction of sp³-hybridized carbons (Fsp3) is 1.00. The van der Waals surface area contributed by atoms with Gasteiger partial charge in [0.1, 0.15) is 0 Å². The van der Waals surface area contributed by atoms with Crippen LogP contribution >= 0.6 is 19.0 Å². The van der Waals surface area contributed by atoms with Crippen LogP contribution in [-0.4, -0.2) is 11.8 Å². The van der Waals surface area contributed by atoms with Crippen LogP contribution in [0.25, 0.3) is 0 Å². The molecule has 0 bridgehead atoms. The van der Waals surface area contributed by atoms with Gasteiger partial charge in [0.05, 0.1) is 5.88 Å². The minimum Gasteiger partial charge on any atom is -0.236 e. The van der Waals surface area contributed by atoms with Crippen molar-refractivity contribution >= 4 is 30.8 Å². The predicted molar refractivity (Wildman–Crippen MR) is 29.9 cm³/mol. The molecule has 0 rings (SSSR count). The van der Waals surface area contributed by atoms with Crippen LogP contribution in [0.5, 0.6) is 0 Å². The highest BCUT2D eigenvalue weighted by atomic mass is 35.5. The first-order valence-electron chi connectivity index (χ1n) is 1.33. The van der Waals surface area contributed by atoms with E-state index in [1.165, 1.54) is 0 Å². The number of hydrogen-bond acceptors (Lipinski definition) is 1. The quantitative estimate of drug-likeness (QED) is 0.422. The molecule has 0 aromatic heterocycles. The van der Waals surface area contributed by atoms with Gasteiger partial charge in [-0.1, -0.05) is 11.8 Å². The SMILES string of the molecule is FC(CCl)P=S. The van der Waals surface area contributed by atoms with Crippen LogP contribution in [0.2, 0.25) is 0 Å². The van der Waals surface area contributed by atoms with E-state index in [0.29, 0.717) is 7.36 Å². The van der Waals surface area contributed by atoms with Crippen molar-refractivity contribution in [1.29, 1.82) is 0 Å². The molecule has 0 amide bonds. The summed E-state index contributed by atoms with van der Waals surface area (Å²) in [5.41, 5.74) is 0. The van der Waals surface area contributed by atoms with E-state index in [1.807, 2.05) is 0 Å². The summed E-state index contributed by atoms with van der Waals surface area (Å²) in [6.07, 6.45) is 0. The summed E-state index contributed by atoms with van der Waals surface area (Å²) in [5, 5.41) is 0. The molecule has 0 N–H and O–H groups in total. The first-order valence-corrected chi connectivity index (χ1v) is 3.85. The smallest absolute Gasteiger partial charge is 0.165 e. The zero-order valence-corrected chi connectivity index (χ0v) is 5.36. The van der Waals surface area contributed by atoms with Crippen molar-refractivity contribution in [2.45, 2.75) is 5.91 Å². The van der Waals surface area contributed by atoms with Crippen molar-refractivity contribution in [2.24, 2.45) is 0 Å². The van der Waals surface area contributed by atoms with Gasteiger partial charge in [-0.05, 0) is 0 Å². The highest BCUT2D eigenvalue weighted by Crippen LogP contribution is 2.08. The molecule has 0 saturated carbocycles. The third-order valence-electron chi connectivity index (χ3n) is 0.242. The summed E-state index contributed by atoms with van der Waals surface area (Å²) >= 11 is 9.29. The fourth-order valence-corrected chi connectivity index (χ4v) is 0.761. The Kier molecular flexibility index (Phi) is 4.40. The van der Waals surface area contributed by atoms with Crippen LogP contribution in [-0.2, 0) is 11.8 Å². The highest BCUT2D eigenvalue weighted by Gasteiger charge is 1.94. The highest BCUT2D eigenvalue weighted by molar-refractivity contribution is 7.96. The normalized spacial score (nSPS) is 15.0. The Morgan fingerprint density at radius 1 is 2.00 bits per heavy atom. The molecule has 0 aromatic rings. The first-order chi connectivity index (χ1) is 2.81. The standard InChI is InChI=1S/C2H3ClFPS/c3-1-2(4)5-6/h2H,1H2. The molecule has 0 saturated heterocycles. The largest absolute Gasteiger partial charge is 0.236 e. The van der Waals surface area contributed by atoms with E-state index in [2.05, 4.69) is 11.8 Å². The fourth-order valence-electron chi connectivity index (χ4n) is 0.0282. The van der Waals surface area contributed by atoms with Crippen molar-refractivity contribution in [3.05, 3.63) is 0 Å². The van der Waals surface area contributed by atoms with E-state index < -0.39 is 5.91 Å². The summed E-state index contributed by atoms with van der Waals surface area (Å²) in [6.45, 7) is 0. The molecule has 0 aliphatic carbocycles. The van der Waals surface area contributed by atoms with Crippen molar-refractivity contribution in [2.75, 3.05) is 5.88 Å². The Morgan fingerprint density at radius 2 is 2.50 bits per heavy atom.